The number of likely N-dealkylation sites (N-methyl/N-ethyl adjacent to an activating group) is 1. The fourth-order valence-electron chi connectivity index (χ4n) is 8.27. The summed E-state index contributed by atoms with van der Waals surface area (Å²) in [7, 11) is 1.57. The first kappa shape index (κ1) is 37.7. The van der Waals surface area contributed by atoms with E-state index in [9.17, 15) is 19.4 Å². The monoisotopic (exact) mass is 692 g/mol. The van der Waals surface area contributed by atoms with E-state index >= 15 is 0 Å². The summed E-state index contributed by atoms with van der Waals surface area (Å²) in [6, 6.07) is 21.2. The second-order valence-corrected chi connectivity index (χ2v) is 16.8. The van der Waals surface area contributed by atoms with Gasteiger partial charge in [0.15, 0.2) is 0 Å². The van der Waals surface area contributed by atoms with Crippen LogP contribution in [0.5, 0.6) is 0 Å². The third kappa shape index (κ3) is 9.61. The summed E-state index contributed by atoms with van der Waals surface area (Å²) in [6.45, 7) is 6.56. The second-order valence-electron chi connectivity index (χ2n) is 15.4. The molecule has 0 aromatic heterocycles. The molecule has 1 saturated heterocycles. The van der Waals surface area contributed by atoms with Crippen molar-refractivity contribution in [3.05, 3.63) is 83.9 Å². The number of allylic oxidation sites excluding steroid dienone is 3. The topological polar surface area (TPSA) is 99.1 Å². The minimum absolute atomic E-state index is 0.00328. The highest BCUT2D eigenvalue weighted by Crippen LogP contribution is 2.66. The Kier molecular flexibility index (Phi) is 12.8. The fraction of sp³-hybridized carbons (Fsp3) is 0.575. The molecule has 1 aliphatic heterocycles. The number of unbranched alkanes of at least 4 members (excludes halogenated alkanes) is 4. The lowest BCUT2D eigenvalue weighted by molar-refractivity contribution is -0.870. The van der Waals surface area contributed by atoms with Crippen molar-refractivity contribution in [3.8, 4) is 0 Å². The fourth-order valence-corrected chi connectivity index (χ4v) is 9.04. The predicted octanol–water partition coefficient (Wildman–Crippen LogP) is 7.10. The average molecular weight is 693 g/mol. The predicted molar refractivity (Wildman–Crippen MR) is 194 cm³/mol. The van der Waals surface area contributed by atoms with Crippen LogP contribution in [-0.2, 0) is 18.4 Å². The first-order chi connectivity index (χ1) is 23.4. The quantitative estimate of drug-likeness (QED) is 0.102. The number of phosphoric acid groups is 1. The Bertz CT molecular complexity index is 1490. The van der Waals surface area contributed by atoms with Gasteiger partial charge in [-0.15, -0.1) is 0 Å². The van der Waals surface area contributed by atoms with Gasteiger partial charge in [-0.25, -0.2) is 0 Å². The molecule has 268 valence electrons. The van der Waals surface area contributed by atoms with Crippen molar-refractivity contribution in [2.75, 3.05) is 54.0 Å². The molecule has 4 unspecified atom stereocenters. The molecule has 1 saturated carbocycles. The van der Waals surface area contributed by atoms with Gasteiger partial charge in [0.1, 0.15) is 13.2 Å². The number of quaternary nitrogens is 1. The summed E-state index contributed by atoms with van der Waals surface area (Å²) in [6.07, 6.45) is 9.75. The molecule has 0 bridgehead atoms. The van der Waals surface area contributed by atoms with Crippen molar-refractivity contribution in [1.82, 2.24) is 4.90 Å². The van der Waals surface area contributed by atoms with Gasteiger partial charge in [-0.2, -0.15) is 0 Å². The highest BCUT2D eigenvalue weighted by Gasteiger charge is 2.56. The lowest BCUT2D eigenvalue weighted by Gasteiger charge is -2.37. The number of hydrogen-bond donors (Lipinski definition) is 1. The van der Waals surface area contributed by atoms with E-state index in [1.165, 1.54) is 16.7 Å². The Morgan fingerprint density at radius 1 is 1.00 bits per heavy atom. The molecule has 1 heterocycles. The number of carbonyl (C=O) groups is 1. The van der Waals surface area contributed by atoms with Crippen LogP contribution in [-0.4, -0.2) is 80.5 Å². The maximum Gasteiger partial charge on any atom is 0.268 e. The van der Waals surface area contributed by atoms with Gasteiger partial charge in [0.2, 0.25) is 5.91 Å². The Hall–Kier alpha value is -2.58. The van der Waals surface area contributed by atoms with Crippen LogP contribution < -0.4 is 4.89 Å². The third-order valence-electron chi connectivity index (χ3n) is 10.9. The molecule has 0 spiro atoms. The SMILES string of the molecule is C=C(c1ccccc1)C12CCC(O)C1CC(CCCCCCCC(=O)N1CC[C@@H](COP(=O)([O-])OCC[N+](C)(C)C)C1)=C2c1ccccc1. The Balaban J connectivity index is 1.07. The molecular weight excluding hydrogens is 635 g/mol. The van der Waals surface area contributed by atoms with Crippen LogP contribution in [0.25, 0.3) is 11.1 Å². The largest absolute Gasteiger partial charge is 0.756 e. The maximum absolute atomic E-state index is 12.9. The van der Waals surface area contributed by atoms with E-state index in [0.717, 1.165) is 75.3 Å². The van der Waals surface area contributed by atoms with Gasteiger partial charge in [0.05, 0.1) is 33.9 Å². The summed E-state index contributed by atoms with van der Waals surface area (Å²) in [4.78, 5) is 26.9. The van der Waals surface area contributed by atoms with E-state index < -0.39 is 7.82 Å². The van der Waals surface area contributed by atoms with E-state index in [-0.39, 0.29) is 42.5 Å². The third-order valence-corrected chi connectivity index (χ3v) is 11.9. The Labute approximate surface area is 294 Å². The number of hydrogen-bond acceptors (Lipinski definition) is 6. The molecule has 5 atom stereocenters. The zero-order valence-electron chi connectivity index (χ0n) is 29.9. The molecular formula is C40H57N2O6P. The van der Waals surface area contributed by atoms with Crippen LogP contribution >= 0.6 is 7.82 Å². The number of fused-ring (bicyclic) bond motifs is 1. The van der Waals surface area contributed by atoms with Crippen molar-refractivity contribution in [2.45, 2.75) is 76.7 Å². The van der Waals surface area contributed by atoms with E-state index in [4.69, 9.17) is 9.05 Å². The van der Waals surface area contributed by atoms with E-state index in [2.05, 4.69) is 61.2 Å². The van der Waals surface area contributed by atoms with Gasteiger partial charge in [0, 0.05) is 36.8 Å². The van der Waals surface area contributed by atoms with Crippen molar-refractivity contribution in [1.29, 1.82) is 0 Å². The van der Waals surface area contributed by atoms with Crippen LogP contribution in [0.2, 0.25) is 0 Å². The number of nitrogens with zero attached hydrogens (tertiary/aromatic N) is 2. The first-order valence-electron chi connectivity index (χ1n) is 18.3. The standard InChI is InChI=1S/C40H57N2O6P/c1-31(33-16-11-8-12-17-33)40-24-22-37(43)36(40)28-35(39(40)34-18-13-9-14-19-34)20-10-6-5-7-15-21-38(44)41-25-23-32(29-41)30-48-49(45,46)47-27-26-42(2,3)4/h8-9,11-14,16-19,32,36-37,43H,1,5-7,10,15,20-30H2,2-4H3/t32-,36?,37?,40?/m1/s1. The minimum Gasteiger partial charge on any atom is -0.756 e. The molecule has 2 aromatic rings. The van der Waals surface area contributed by atoms with Gasteiger partial charge in [0.25, 0.3) is 7.82 Å². The molecule has 8 nitrogen and oxygen atoms in total. The summed E-state index contributed by atoms with van der Waals surface area (Å²) in [5.41, 5.74) is 6.18. The minimum atomic E-state index is -4.34. The molecule has 3 aliphatic rings. The molecule has 2 fully saturated rings. The number of aliphatic hydroxyl groups excluding tert-OH is 1. The van der Waals surface area contributed by atoms with Crippen molar-refractivity contribution < 1.29 is 32.9 Å². The normalized spacial score (nSPS) is 25.1. The Morgan fingerprint density at radius 3 is 2.39 bits per heavy atom. The van der Waals surface area contributed by atoms with Gasteiger partial charge >= 0.3 is 0 Å². The molecule has 1 amide bonds. The zero-order valence-corrected chi connectivity index (χ0v) is 30.8. The number of phosphoric ester groups is 1. The lowest BCUT2D eigenvalue weighted by Crippen LogP contribution is -2.37. The highest BCUT2D eigenvalue weighted by atomic mass is 31.2. The maximum atomic E-state index is 12.9. The van der Waals surface area contributed by atoms with Crippen LogP contribution in [0, 0.1) is 17.3 Å². The molecule has 2 aliphatic carbocycles. The summed E-state index contributed by atoms with van der Waals surface area (Å²) >= 11 is 0. The van der Waals surface area contributed by atoms with Gasteiger partial charge in [-0.05, 0) is 67.2 Å². The van der Waals surface area contributed by atoms with Crippen LogP contribution in [0.4, 0.5) is 0 Å². The average Bonchev–Trinajstić information content (AvgIpc) is 3.77. The number of likely N-dealkylation sites (tertiary alicyclic amines) is 1. The zero-order chi connectivity index (χ0) is 35.1. The lowest BCUT2D eigenvalue weighted by atomic mass is 9.66. The van der Waals surface area contributed by atoms with E-state index in [1.807, 2.05) is 32.1 Å². The number of amides is 1. The van der Waals surface area contributed by atoms with Crippen molar-refractivity contribution in [3.63, 3.8) is 0 Å². The molecule has 9 heteroatoms. The van der Waals surface area contributed by atoms with E-state index in [1.54, 1.807) is 0 Å². The van der Waals surface area contributed by atoms with Crippen LogP contribution in [0.1, 0.15) is 81.8 Å². The van der Waals surface area contributed by atoms with Gasteiger partial charge in [-0.1, -0.05) is 92.1 Å². The van der Waals surface area contributed by atoms with Crippen LogP contribution in [0.15, 0.2) is 72.8 Å². The number of benzene rings is 2. The van der Waals surface area contributed by atoms with Crippen molar-refractivity contribution >= 4 is 24.9 Å². The summed E-state index contributed by atoms with van der Waals surface area (Å²) in [5.74, 6) is 0.303. The van der Waals surface area contributed by atoms with Gasteiger partial charge < -0.3 is 28.4 Å². The first-order valence-corrected chi connectivity index (χ1v) is 19.7. The molecule has 1 N–H and O–H groups in total. The van der Waals surface area contributed by atoms with E-state index in [0.29, 0.717) is 30.5 Å². The number of aliphatic hydroxyl groups is 1. The molecule has 5 rings (SSSR count). The highest BCUT2D eigenvalue weighted by molar-refractivity contribution is 7.45. The Morgan fingerprint density at radius 2 is 1.67 bits per heavy atom. The van der Waals surface area contributed by atoms with Gasteiger partial charge in [-0.3, -0.25) is 9.36 Å². The smallest absolute Gasteiger partial charge is 0.268 e. The summed E-state index contributed by atoms with van der Waals surface area (Å²) in [5, 5.41) is 11.2. The number of rotatable bonds is 18. The summed E-state index contributed by atoms with van der Waals surface area (Å²) < 4.78 is 22.9. The number of carbonyl (C=O) groups excluding carboxylic acids is 1. The van der Waals surface area contributed by atoms with Crippen LogP contribution in [0.3, 0.4) is 0 Å². The molecule has 0 radical (unpaired) electrons. The molecule has 2 aromatic carbocycles. The molecule has 49 heavy (non-hydrogen) atoms. The second kappa shape index (κ2) is 16.6. The van der Waals surface area contributed by atoms with Crippen molar-refractivity contribution in [2.24, 2.45) is 17.3 Å².